The first kappa shape index (κ1) is 23.2. The minimum atomic E-state index is -0.510. The number of halogens is 1. The van der Waals surface area contributed by atoms with Gasteiger partial charge >= 0.3 is 0 Å². The lowest BCUT2D eigenvalue weighted by Crippen LogP contribution is -2.54. The summed E-state index contributed by atoms with van der Waals surface area (Å²) in [5, 5.41) is 3.14. The highest BCUT2D eigenvalue weighted by Gasteiger charge is 2.35. The van der Waals surface area contributed by atoms with Gasteiger partial charge in [0, 0.05) is 22.8 Å². The Labute approximate surface area is 204 Å². The molecule has 5 nitrogen and oxygen atoms in total. The standard InChI is InChI=1S/C26H26ClN3O2S/c1-6-29-22-10-15(2)17(11-20(22)16(3)14-26(29,4)5)12-21-23(31)28-25(33)30(24(21)32)19-9-7-8-18(27)13-19/h7-14H,6H2,1-5H3,(H,28,31,33)/b21-12-. The molecular formula is C26H26ClN3O2S. The number of carbonyl (C=O) groups is 2. The van der Waals surface area contributed by atoms with E-state index in [-0.39, 0.29) is 16.2 Å². The number of hydrogen-bond acceptors (Lipinski definition) is 4. The molecule has 4 rings (SSSR count). The van der Waals surface area contributed by atoms with Gasteiger partial charge < -0.3 is 4.90 Å². The van der Waals surface area contributed by atoms with Crippen molar-refractivity contribution in [1.29, 1.82) is 0 Å². The molecule has 0 aromatic heterocycles. The second-order valence-corrected chi connectivity index (χ2v) is 9.71. The summed E-state index contributed by atoms with van der Waals surface area (Å²) in [6.07, 6.45) is 3.90. The summed E-state index contributed by atoms with van der Waals surface area (Å²) in [7, 11) is 0. The van der Waals surface area contributed by atoms with Gasteiger partial charge in [-0.2, -0.15) is 0 Å². The van der Waals surface area contributed by atoms with E-state index in [4.69, 9.17) is 23.8 Å². The number of hydrogen-bond donors (Lipinski definition) is 1. The maximum Gasteiger partial charge on any atom is 0.270 e. The van der Waals surface area contributed by atoms with Gasteiger partial charge in [0.2, 0.25) is 0 Å². The molecule has 2 aliphatic heterocycles. The van der Waals surface area contributed by atoms with Crippen molar-refractivity contribution in [3.8, 4) is 0 Å². The molecule has 33 heavy (non-hydrogen) atoms. The zero-order valence-corrected chi connectivity index (χ0v) is 20.9. The highest BCUT2D eigenvalue weighted by atomic mass is 35.5. The van der Waals surface area contributed by atoms with Gasteiger partial charge in [-0.15, -0.1) is 0 Å². The lowest BCUT2D eigenvalue weighted by Gasteiger charge is -2.43. The minimum Gasteiger partial charge on any atom is -0.363 e. The summed E-state index contributed by atoms with van der Waals surface area (Å²) in [4.78, 5) is 29.8. The third-order valence-electron chi connectivity index (χ3n) is 6.15. The quantitative estimate of drug-likeness (QED) is 0.358. The predicted molar refractivity (Wildman–Crippen MR) is 140 cm³/mol. The molecule has 0 spiro atoms. The van der Waals surface area contributed by atoms with E-state index in [1.807, 2.05) is 6.92 Å². The van der Waals surface area contributed by atoms with Gasteiger partial charge in [-0.25, -0.2) is 0 Å². The van der Waals surface area contributed by atoms with Gasteiger partial charge in [0.15, 0.2) is 5.11 Å². The van der Waals surface area contributed by atoms with Gasteiger partial charge in [-0.3, -0.25) is 19.8 Å². The average Bonchev–Trinajstić information content (AvgIpc) is 2.71. The monoisotopic (exact) mass is 479 g/mol. The van der Waals surface area contributed by atoms with Crippen LogP contribution in [0.4, 0.5) is 11.4 Å². The van der Waals surface area contributed by atoms with E-state index in [1.54, 1.807) is 30.3 Å². The van der Waals surface area contributed by atoms with Crippen molar-refractivity contribution >= 4 is 63.8 Å². The van der Waals surface area contributed by atoms with E-state index < -0.39 is 11.8 Å². The molecule has 1 saturated heterocycles. The first-order valence-corrected chi connectivity index (χ1v) is 11.6. The molecule has 1 N–H and O–H groups in total. The number of allylic oxidation sites excluding steroid dienone is 1. The van der Waals surface area contributed by atoms with Gasteiger partial charge in [0.1, 0.15) is 5.57 Å². The first-order chi connectivity index (χ1) is 15.5. The number of carbonyl (C=O) groups excluding carboxylic acids is 2. The molecular weight excluding hydrogens is 454 g/mol. The van der Waals surface area contributed by atoms with Crippen LogP contribution in [0.15, 0.2) is 48.0 Å². The molecule has 2 aromatic rings. The fourth-order valence-electron chi connectivity index (χ4n) is 4.64. The van der Waals surface area contributed by atoms with E-state index >= 15 is 0 Å². The summed E-state index contributed by atoms with van der Waals surface area (Å²) < 4.78 is 0. The van der Waals surface area contributed by atoms with Crippen LogP contribution >= 0.6 is 23.8 Å². The van der Waals surface area contributed by atoms with Crippen LogP contribution in [0.3, 0.4) is 0 Å². The number of fused-ring (bicyclic) bond motifs is 1. The number of benzene rings is 2. The minimum absolute atomic E-state index is 0.0248. The lowest BCUT2D eigenvalue weighted by atomic mass is 9.86. The van der Waals surface area contributed by atoms with E-state index in [0.29, 0.717) is 10.7 Å². The number of nitrogens with one attached hydrogen (secondary N) is 1. The number of thiocarbonyl (C=S) groups is 1. The van der Waals surface area contributed by atoms with Crippen molar-refractivity contribution in [2.24, 2.45) is 0 Å². The molecule has 0 aliphatic carbocycles. The fraction of sp³-hybridized carbons (Fsp3) is 0.269. The normalized spacial score (nSPS) is 18.9. The Bertz CT molecular complexity index is 1260. The predicted octanol–water partition coefficient (Wildman–Crippen LogP) is 5.50. The van der Waals surface area contributed by atoms with Crippen LogP contribution in [0.5, 0.6) is 0 Å². The van der Waals surface area contributed by atoms with Crippen LogP contribution in [0.25, 0.3) is 11.6 Å². The van der Waals surface area contributed by atoms with E-state index in [0.717, 1.165) is 28.9 Å². The van der Waals surface area contributed by atoms with Crippen LogP contribution < -0.4 is 15.1 Å². The molecule has 0 unspecified atom stereocenters. The van der Waals surface area contributed by atoms with Crippen molar-refractivity contribution in [1.82, 2.24) is 5.32 Å². The Kier molecular flexibility index (Phi) is 5.93. The Morgan fingerprint density at radius 2 is 1.88 bits per heavy atom. The second kappa shape index (κ2) is 8.43. The number of nitrogens with zero attached hydrogens (tertiary/aromatic N) is 2. The highest BCUT2D eigenvalue weighted by Crippen LogP contribution is 2.40. The van der Waals surface area contributed by atoms with Crippen molar-refractivity contribution in [2.45, 2.75) is 40.2 Å². The van der Waals surface area contributed by atoms with E-state index in [2.05, 4.69) is 56.1 Å². The maximum atomic E-state index is 13.4. The van der Waals surface area contributed by atoms with Crippen molar-refractivity contribution in [3.63, 3.8) is 0 Å². The molecule has 2 aliphatic rings. The van der Waals surface area contributed by atoms with Gasteiger partial charge in [0.25, 0.3) is 11.8 Å². The first-order valence-electron chi connectivity index (χ1n) is 10.8. The summed E-state index contributed by atoms with van der Waals surface area (Å²) in [6.45, 7) is 11.5. The Hall–Kier alpha value is -2.96. The summed E-state index contributed by atoms with van der Waals surface area (Å²) >= 11 is 11.4. The van der Waals surface area contributed by atoms with Crippen LogP contribution in [0, 0.1) is 6.92 Å². The molecule has 0 bridgehead atoms. The molecule has 0 atom stereocenters. The Morgan fingerprint density at radius 1 is 1.15 bits per heavy atom. The smallest absolute Gasteiger partial charge is 0.270 e. The number of anilines is 2. The molecule has 2 aromatic carbocycles. The van der Waals surface area contributed by atoms with Crippen molar-refractivity contribution in [3.05, 3.63) is 69.8 Å². The number of amides is 2. The van der Waals surface area contributed by atoms with Crippen LogP contribution in [0.2, 0.25) is 5.02 Å². The third-order valence-corrected chi connectivity index (χ3v) is 6.67. The molecule has 0 radical (unpaired) electrons. The molecule has 7 heteroatoms. The lowest BCUT2D eigenvalue weighted by molar-refractivity contribution is -0.122. The Morgan fingerprint density at radius 3 is 2.55 bits per heavy atom. The number of aryl methyl sites for hydroxylation is 1. The number of rotatable bonds is 3. The zero-order valence-electron chi connectivity index (χ0n) is 19.3. The van der Waals surface area contributed by atoms with Gasteiger partial charge in [0.05, 0.1) is 11.2 Å². The van der Waals surface area contributed by atoms with Crippen LogP contribution in [0.1, 0.15) is 44.4 Å². The van der Waals surface area contributed by atoms with Gasteiger partial charge in [-0.05, 0) is 99.9 Å². The average molecular weight is 480 g/mol. The second-order valence-electron chi connectivity index (χ2n) is 8.89. The number of likely N-dealkylation sites (N-methyl/N-ethyl adjacent to an activating group) is 1. The van der Waals surface area contributed by atoms with E-state index in [1.165, 1.54) is 10.5 Å². The summed E-state index contributed by atoms with van der Waals surface area (Å²) in [5.74, 6) is -0.990. The summed E-state index contributed by atoms with van der Waals surface area (Å²) in [5.41, 5.74) is 5.65. The van der Waals surface area contributed by atoms with Crippen molar-refractivity contribution in [2.75, 3.05) is 16.3 Å². The molecule has 0 saturated carbocycles. The summed E-state index contributed by atoms with van der Waals surface area (Å²) in [6, 6.07) is 11.0. The molecule has 2 amide bonds. The fourth-order valence-corrected chi connectivity index (χ4v) is 5.11. The zero-order chi connectivity index (χ0) is 24.1. The molecule has 2 heterocycles. The third kappa shape index (κ3) is 4.09. The van der Waals surface area contributed by atoms with Gasteiger partial charge in [-0.1, -0.05) is 23.7 Å². The van der Waals surface area contributed by atoms with Crippen LogP contribution in [-0.2, 0) is 9.59 Å². The molecule has 1 fully saturated rings. The van der Waals surface area contributed by atoms with Crippen LogP contribution in [-0.4, -0.2) is 29.0 Å². The van der Waals surface area contributed by atoms with Crippen molar-refractivity contribution < 1.29 is 9.59 Å². The van der Waals surface area contributed by atoms with E-state index in [9.17, 15) is 9.59 Å². The topological polar surface area (TPSA) is 52.7 Å². The largest absolute Gasteiger partial charge is 0.363 e. The maximum absolute atomic E-state index is 13.4. The Balaban J connectivity index is 1.80. The highest BCUT2D eigenvalue weighted by molar-refractivity contribution is 7.80. The SMILES string of the molecule is CCN1c2cc(C)c(/C=C3/C(=O)NC(=S)N(c4cccc(Cl)c4)C3=O)cc2C(C)=CC1(C)C. The molecule has 170 valence electrons.